The fraction of sp³-hybridized carbons (Fsp3) is 0.421. The van der Waals surface area contributed by atoms with Crippen LogP contribution in [0.1, 0.15) is 70.9 Å². The summed E-state index contributed by atoms with van der Waals surface area (Å²) in [5.41, 5.74) is 5.60. The number of carbonyl (C=O) groups is 2. The number of fused-ring (bicyclic) bond motifs is 1. The summed E-state index contributed by atoms with van der Waals surface area (Å²) < 4.78 is 7.00. The van der Waals surface area contributed by atoms with Gasteiger partial charge >= 0.3 is 0 Å². The second-order valence-corrected chi connectivity index (χ2v) is 14.2. The second kappa shape index (κ2) is 15.1. The van der Waals surface area contributed by atoms with Crippen molar-refractivity contribution in [2.45, 2.75) is 65.5 Å². The van der Waals surface area contributed by atoms with E-state index in [1.165, 1.54) is 27.8 Å². The fourth-order valence-electron chi connectivity index (χ4n) is 6.82. The lowest BCUT2D eigenvalue weighted by molar-refractivity contribution is -0.142. The van der Waals surface area contributed by atoms with Gasteiger partial charge in [-0.1, -0.05) is 31.2 Å². The lowest BCUT2D eigenvalue weighted by Gasteiger charge is -2.38. The number of amides is 2. The van der Waals surface area contributed by atoms with Crippen molar-refractivity contribution in [1.29, 1.82) is 0 Å². The van der Waals surface area contributed by atoms with Crippen LogP contribution in [0.3, 0.4) is 0 Å². The van der Waals surface area contributed by atoms with E-state index >= 15 is 0 Å². The number of anilines is 3. The van der Waals surface area contributed by atoms with E-state index in [-0.39, 0.29) is 29.2 Å². The summed E-state index contributed by atoms with van der Waals surface area (Å²) >= 11 is 1.59. The van der Waals surface area contributed by atoms with Crippen molar-refractivity contribution in [3.05, 3.63) is 91.5 Å². The first-order chi connectivity index (χ1) is 23.6. The largest absolute Gasteiger partial charge is 0.378 e. The van der Waals surface area contributed by atoms with Gasteiger partial charge in [-0.2, -0.15) is 0 Å². The molecule has 2 aromatic heterocycles. The molecule has 49 heavy (non-hydrogen) atoms. The molecule has 11 heteroatoms. The number of aryl methyl sites for hydroxylation is 3. The molecule has 0 radical (unpaired) electrons. The van der Waals surface area contributed by atoms with Crippen LogP contribution in [0.15, 0.2) is 59.5 Å². The quantitative estimate of drug-likeness (QED) is 0.202. The number of morpholine rings is 1. The van der Waals surface area contributed by atoms with Gasteiger partial charge in [0, 0.05) is 54.2 Å². The molecule has 2 aliphatic rings. The Balaban J connectivity index is 1.23. The van der Waals surface area contributed by atoms with Gasteiger partial charge in [0.15, 0.2) is 5.82 Å². The lowest BCUT2D eigenvalue weighted by Crippen LogP contribution is -2.49. The smallest absolute Gasteiger partial charge is 0.293 e. The molecule has 0 spiro atoms. The molecule has 258 valence electrons. The van der Waals surface area contributed by atoms with Crippen molar-refractivity contribution in [1.82, 2.24) is 19.4 Å². The Hall–Kier alpha value is -4.32. The summed E-state index contributed by atoms with van der Waals surface area (Å²) in [5.74, 6) is 0.151. The zero-order valence-corrected chi connectivity index (χ0v) is 29.9. The van der Waals surface area contributed by atoms with Crippen LogP contribution in [-0.4, -0.2) is 70.1 Å². The number of ether oxygens (including phenoxy) is 1. The van der Waals surface area contributed by atoms with Crippen molar-refractivity contribution in [3.8, 4) is 11.3 Å². The molecule has 1 aliphatic heterocycles. The van der Waals surface area contributed by atoms with Gasteiger partial charge < -0.3 is 24.8 Å². The van der Waals surface area contributed by atoms with Crippen LogP contribution < -0.4 is 16.2 Å². The summed E-state index contributed by atoms with van der Waals surface area (Å²) in [5, 5.41) is 6.33. The number of nitrogens with one attached hydrogen (secondary N) is 2. The van der Waals surface area contributed by atoms with Crippen molar-refractivity contribution >= 4 is 40.3 Å². The van der Waals surface area contributed by atoms with E-state index in [4.69, 9.17) is 9.72 Å². The van der Waals surface area contributed by atoms with Gasteiger partial charge in [0.1, 0.15) is 6.04 Å². The molecular formula is C38H46N6O4S. The number of aromatic nitrogens is 2. The highest BCUT2D eigenvalue weighted by Crippen LogP contribution is 2.33. The van der Waals surface area contributed by atoms with Gasteiger partial charge in [-0.05, 0) is 94.0 Å². The van der Waals surface area contributed by atoms with Crippen LogP contribution in [0.25, 0.3) is 11.3 Å². The van der Waals surface area contributed by atoms with Gasteiger partial charge in [0.25, 0.3) is 11.5 Å². The topological polar surface area (TPSA) is 109 Å². The van der Waals surface area contributed by atoms with Crippen LogP contribution in [0.5, 0.6) is 0 Å². The number of thiophene rings is 1. The van der Waals surface area contributed by atoms with Gasteiger partial charge in [-0.3, -0.25) is 19.3 Å². The van der Waals surface area contributed by atoms with Crippen LogP contribution in [-0.2, 0) is 29.4 Å². The molecular weight excluding hydrogens is 637 g/mol. The summed E-state index contributed by atoms with van der Waals surface area (Å²) in [6.07, 6.45) is 6.15. The molecule has 1 aliphatic carbocycles. The highest BCUT2D eigenvalue weighted by atomic mass is 32.1. The second-order valence-electron chi connectivity index (χ2n) is 13.1. The average molecular weight is 683 g/mol. The number of likely N-dealkylation sites (N-methyl/N-ethyl adjacent to an activating group) is 1. The number of nitrogens with zero attached hydrogens (tertiary/aromatic N) is 4. The monoisotopic (exact) mass is 682 g/mol. The molecule has 2 N–H and O–H groups in total. The van der Waals surface area contributed by atoms with Crippen LogP contribution >= 0.6 is 11.3 Å². The lowest BCUT2D eigenvalue weighted by atomic mass is 9.99. The Morgan fingerprint density at radius 3 is 2.49 bits per heavy atom. The SMILES string of the molecule is CCN(C(C)C)C(C(=O)N1CCOCC1)c1ccc(Nc2nc(-c3cccc(NC(=O)c4cc5c(s4)CCCC5)c3C)cn(C)c2=O)cc1. The Bertz CT molecular complexity index is 1850. The van der Waals surface area contributed by atoms with Gasteiger partial charge in [-0.15, -0.1) is 11.3 Å². The van der Waals surface area contributed by atoms with E-state index in [0.717, 1.165) is 41.0 Å². The molecule has 10 nitrogen and oxygen atoms in total. The maximum atomic E-state index is 13.8. The van der Waals surface area contributed by atoms with E-state index in [1.807, 2.05) is 60.4 Å². The number of hydrogen-bond acceptors (Lipinski definition) is 8. The first-order valence-electron chi connectivity index (χ1n) is 17.2. The number of carbonyl (C=O) groups excluding carboxylic acids is 2. The minimum Gasteiger partial charge on any atom is -0.378 e. The van der Waals surface area contributed by atoms with Crippen molar-refractivity contribution in [2.75, 3.05) is 43.5 Å². The minimum atomic E-state index is -0.424. The maximum Gasteiger partial charge on any atom is 0.293 e. The molecule has 4 aromatic rings. The molecule has 1 unspecified atom stereocenters. The zero-order chi connectivity index (χ0) is 34.7. The van der Waals surface area contributed by atoms with E-state index in [1.54, 1.807) is 24.6 Å². The maximum absolute atomic E-state index is 13.8. The first-order valence-corrected chi connectivity index (χ1v) is 18.1. The van der Waals surface area contributed by atoms with Crippen LogP contribution in [0.4, 0.5) is 17.2 Å². The predicted molar refractivity (Wildman–Crippen MR) is 196 cm³/mol. The van der Waals surface area contributed by atoms with E-state index in [2.05, 4.69) is 36.3 Å². The van der Waals surface area contributed by atoms with Crippen LogP contribution in [0, 0.1) is 6.92 Å². The Labute approximate surface area is 292 Å². The Morgan fingerprint density at radius 2 is 1.80 bits per heavy atom. The van der Waals surface area contributed by atoms with Crippen LogP contribution in [0.2, 0.25) is 0 Å². The molecule has 2 aromatic carbocycles. The standard InChI is InChI=1S/C38H46N6O4S/c1-6-44(24(2)3)34(37(46)43-18-20-48-21-19-43)26-14-16-28(17-15-26)39-35-38(47)42(5)23-31(40-35)29-11-9-12-30(25(29)4)41-36(45)33-22-27-10-7-8-13-32(27)49-33/h9,11-12,14-17,22-24,34H,6-8,10,13,18-21H2,1-5H3,(H,39,40)(H,41,45). The summed E-state index contributed by atoms with van der Waals surface area (Å²) in [6.45, 7) is 11.2. The van der Waals surface area contributed by atoms with E-state index in [0.29, 0.717) is 43.4 Å². The molecule has 1 saturated heterocycles. The third-order valence-electron chi connectivity index (χ3n) is 9.56. The first kappa shape index (κ1) is 34.5. The van der Waals surface area contributed by atoms with Gasteiger partial charge in [0.05, 0.1) is 23.8 Å². The summed E-state index contributed by atoms with van der Waals surface area (Å²) in [7, 11) is 1.70. The molecule has 3 heterocycles. The molecule has 0 saturated carbocycles. The summed E-state index contributed by atoms with van der Waals surface area (Å²) in [6, 6.07) is 15.2. The Kier molecular flexibility index (Phi) is 10.6. The van der Waals surface area contributed by atoms with Crippen molar-refractivity contribution < 1.29 is 14.3 Å². The minimum absolute atomic E-state index is 0.0751. The Morgan fingerprint density at radius 1 is 1.06 bits per heavy atom. The molecule has 0 bridgehead atoms. The molecule has 1 atom stereocenters. The number of hydrogen-bond donors (Lipinski definition) is 2. The summed E-state index contributed by atoms with van der Waals surface area (Å²) in [4.78, 5) is 51.2. The highest BCUT2D eigenvalue weighted by Gasteiger charge is 2.33. The predicted octanol–water partition coefficient (Wildman–Crippen LogP) is 6.32. The number of rotatable bonds is 10. The van der Waals surface area contributed by atoms with E-state index < -0.39 is 6.04 Å². The normalized spacial score (nSPS) is 15.3. The molecule has 2 amide bonds. The molecule has 1 fully saturated rings. The van der Waals surface area contributed by atoms with Gasteiger partial charge in [-0.25, -0.2) is 4.98 Å². The van der Waals surface area contributed by atoms with Crippen molar-refractivity contribution in [2.24, 2.45) is 7.05 Å². The average Bonchev–Trinajstić information content (AvgIpc) is 3.55. The third kappa shape index (κ3) is 7.49. The van der Waals surface area contributed by atoms with Gasteiger partial charge in [0.2, 0.25) is 5.91 Å². The highest BCUT2D eigenvalue weighted by molar-refractivity contribution is 7.14. The zero-order valence-electron chi connectivity index (χ0n) is 29.0. The molecule has 6 rings (SSSR count). The van der Waals surface area contributed by atoms with E-state index in [9.17, 15) is 14.4 Å². The number of benzene rings is 2. The fourth-order valence-corrected chi connectivity index (χ4v) is 7.97. The van der Waals surface area contributed by atoms with Crippen molar-refractivity contribution in [3.63, 3.8) is 0 Å². The third-order valence-corrected chi connectivity index (χ3v) is 10.8.